The van der Waals surface area contributed by atoms with Crippen LogP contribution in [0.2, 0.25) is 0 Å². The van der Waals surface area contributed by atoms with Crippen molar-refractivity contribution in [3.05, 3.63) is 83.8 Å². The van der Waals surface area contributed by atoms with E-state index >= 15 is 0 Å². The molecule has 0 radical (unpaired) electrons. The van der Waals surface area contributed by atoms with E-state index < -0.39 is 0 Å². The predicted molar refractivity (Wildman–Crippen MR) is 124 cm³/mol. The number of hydrogen-bond acceptors (Lipinski definition) is 6. The van der Waals surface area contributed by atoms with Gasteiger partial charge in [0.05, 0.1) is 0 Å². The van der Waals surface area contributed by atoms with Crippen molar-refractivity contribution >= 4 is 34.1 Å². The smallest absolute Gasteiger partial charge is 0.251 e. The Morgan fingerprint density at radius 3 is 2.48 bits per heavy atom. The minimum Gasteiger partial charge on any atom is -0.368 e. The average Bonchev–Trinajstić information content (AvgIpc) is 2.76. The van der Waals surface area contributed by atoms with Crippen molar-refractivity contribution in [3.63, 3.8) is 0 Å². The van der Waals surface area contributed by atoms with Crippen molar-refractivity contribution < 1.29 is 4.79 Å². The Labute approximate surface area is 181 Å². The lowest BCUT2D eigenvalue weighted by molar-refractivity contribution is 0.0955. The van der Waals surface area contributed by atoms with Gasteiger partial charge in [0.15, 0.2) is 0 Å². The van der Waals surface area contributed by atoms with Crippen LogP contribution in [0.4, 0.5) is 17.5 Å². The van der Waals surface area contributed by atoms with E-state index in [0.717, 1.165) is 22.2 Å². The second-order valence-electron chi connectivity index (χ2n) is 7.27. The average molecular weight is 412 g/mol. The van der Waals surface area contributed by atoms with Gasteiger partial charge in [-0.1, -0.05) is 30.3 Å². The lowest BCUT2D eigenvalue weighted by Crippen LogP contribution is -2.28. The second kappa shape index (κ2) is 9.21. The number of hydrogen-bond donors (Lipinski definition) is 3. The summed E-state index contributed by atoms with van der Waals surface area (Å²) in [7, 11) is 0. The summed E-state index contributed by atoms with van der Waals surface area (Å²) in [6.07, 6.45) is 1.75. The van der Waals surface area contributed by atoms with Gasteiger partial charge in [-0.25, -0.2) is 15.0 Å². The van der Waals surface area contributed by atoms with Crippen molar-refractivity contribution in [1.29, 1.82) is 0 Å². The van der Waals surface area contributed by atoms with E-state index in [4.69, 9.17) is 0 Å². The number of benzene rings is 2. The van der Waals surface area contributed by atoms with E-state index in [1.165, 1.54) is 0 Å². The van der Waals surface area contributed by atoms with Crippen LogP contribution in [0.3, 0.4) is 0 Å². The number of pyridine rings is 1. The molecule has 4 rings (SSSR count). The fourth-order valence-corrected chi connectivity index (χ4v) is 3.26. The lowest BCUT2D eigenvalue weighted by atomic mass is 10.1. The normalized spacial score (nSPS) is 10.6. The zero-order valence-electron chi connectivity index (χ0n) is 17.5. The highest BCUT2D eigenvalue weighted by atomic mass is 16.1. The molecule has 1 amide bonds. The van der Waals surface area contributed by atoms with Crippen LogP contribution in [0.15, 0.2) is 66.9 Å². The number of rotatable bonds is 7. The Hall–Kier alpha value is -4.00. The number of aryl methyl sites for hydroxylation is 2. The molecule has 0 saturated heterocycles. The molecule has 0 unspecified atom stereocenters. The Morgan fingerprint density at radius 2 is 1.65 bits per heavy atom. The molecule has 0 atom stereocenters. The van der Waals surface area contributed by atoms with E-state index in [2.05, 4.69) is 30.9 Å². The van der Waals surface area contributed by atoms with Crippen molar-refractivity contribution in [3.8, 4) is 0 Å². The van der Waals surface area contributed by atoms with Gasteiger partial charge in [0.1, 0.15) is 23.3 Å². The predicted octanol–water partition coefficient (Wildman–Crippen LogP) is 4.23. The van der Waals surface area contributed by atoms with Gasteiger partial charge in [-0.05, 0) is 54.4 Å². The number of fused-ring (bicyclic) bond motifs is 1. The largest absolute Gasteiger partial charge is 0.368 e. The standard InChI is InChI=1S/C24H24N6O/c1-16-9-10-25-21(13-16)30-23-15-22(28-17(2)29-23)26-11-12-27-24(31)20-8-7-18-5-3-4-6-19(18)14-20/h3-10,13-15H,11-12H2,1-2H3,(H,27,31)(H2,25,26,28,29,30). The summed E-state index contributed by atoms with van der Waals surface area (Å²) in [5.74, 6) is 2.61. The Kier molecular flexibility index (Phi) is 6.03. The van der Waals surface area contributed by atoms with Crippen molar-refractivity contribution in [2.45, 2.75) is 13.8 Å². The zero-order chi connectivity index (χ0) is 21.6. The number of carbonyl (C=O) groups excluding carboxylic acids is 1. The molecule has 2 heterocycles. The van der Waals surface area contributed by atoms with Crippen LogP contribution < -0.4 is 16.0 Å². The molecule has 0 saturated carbocycles. The van der Waals surface area contributed by atoms with Gasteiger partial charge in [0.2, 0.25) is 0 Å². The first-order valence-corrected chi connectivity index (χ1v) is 10.1. The lowest BCUT2D eigenvalue weighted by Gasteiger charge is -2.11. The van der Waals surface area contributed by atoms with E-state index in [1.54, 1.807) is 6.20 Å². The molecule has 2 aromatic heterocycles. The van der Waals surface area contributed by atoms with Crippen LogP contribution >= 0.6 is 0 Å². The molecule has 0 bridgehead atoms. The third-order valence-electron chi connectivity index (χ3n) is 4.74. The maximum Gasteiger partial charge on any atom is 0.251 e. The van der Waals surface area contributed by atoms with Crippen LogP contribution in [-0.4, -0.2) is 33.9 Å². The summed E-state index contributed by atoms with van der Waals surface area (Å²) in [5, 5.41) is 11.5. The molecule has 2 aromatic carbocycles. The topological polar surface area (TPSA) is 91.8 Å². The molecular weight excluding hydrogens is 388 g/mol. The van der Waals surface area contributed by atoms with Crippen molar-refractivity contribution in [1.82, 2.24) is 20.3 Å². The summed E-state index contributed by atoms with van der Waals surface area (Å²) in [5.41, 5.74) is 1.76. The van der Waals surface area contributed by atoms with Crippen molar-refractivity contribution in [2.75, 3.05) is 23.7 Å². The molecule has 31 heavy (non-hydrogen) atoms. The third-order valence-corrected chi connectivity index (χ3v) is 4.74. The summed E-state index contributed by atoms with van der Waals surface area (Å²) >= 11 is 0. The SMILES string of the molecule is Cc1ccnc(Nc2cc(NCCNC(=O)c3ccc4ccccc4c3)nc(C)n2)c1. The Morgan fingerprint density at radius 1 is 0.839 bits per heavy atom. The van der Waals surface area contributed by atoms with Gasteiger partial charge in [0, 0.05) is 30.9 Å². The molecule has 0 aliphatic carbocycles. The first kappa shape index (κ1) is 20.3. The van der Waals surface area contributed by atoms with Crippen LogP contribution in [0.1, 0.15) is 21.7 Å². The van der Waals surface area contributed by atoms with Gasteiger partial charge in [-0.15, -0.1) is 0 Å². The molecule has 0 spiro atoms. The van der Waals surface area contributed by atoms with Crippen LogP contribution in [-0.2, 0) is 0 Å². The molecule has 7 heteroatoms. The number of nitrogens with one attached hydrogen (secondary N) is 3. The Balaban J connectivity index is 1.32. The quantitative estimate of drug-likeness (QED) is 0.394. The fourth-order valence-electron chi connectivity index (χ4n) is 3.26. The number of carbonyl (C=O) groups is 1. The van der Waals surface area contributed by atoms with Crippen LogP contribution in [0.25, 0.3) is 10.8 Å². The van der Waals surface area contributed by atoms with E-state index in [-0.39, 0.29) is 5.91 Å². The number of aromatic nitrogens is 3. The minimum absolute atomic E-state index is 0.0979. The highest BCUT2D eigenvalue weighted by Gasteiger charge is 2.07. The van der Waals surface area contributed by atoms with E-state index in [9.17, 15) is 4.79 Å². The Bertz CT molecular complexity index is 1220. The molecule has 156 valence electrons. The van der Waals surface area contributed by atoms with Gasteiger partial charge < -0.3 is 16.0 Å². The summed E-state index contributed by atoms with van der Waals surface area (Å²) in [6.45, 7) is 4.85. The van der Waals surface area contributed by atoms with E-state index in [1.807, 2.05) is 74.5 Å². The first-order valence-electron chi connectivity index (χ1n) is 10.1. The van der Waals surface area contributed by atoms with Crippen molar-refractivity contribution in [2.24, 2.45) is 0 Å². The molecule has 7 nitrogen and oxygen atoms in total. The first-order chi connectivity index (χ1) is 15.1. The molecular formula is C24H24N6O. The minimum atomic E-state index is -0.0979. The summed E-state index contributed by atoms with van der Waals surface area (Å²) < 4.78 is 0. The maximum atomic E-state index is 12.5. The zero-order valence-corrected chi connectivity index (χ0v) is 17.5. The monoisotopic (exact) mass is 412 g/mol. The molecule has 0 aliphatic rings. The maximum absolute atomic E-state index is 12.5. The summed E-state index contributed by atoms with van der Waals surface area (Å²) in [4.78, 5) is 25.6. The molecule has 4 aromatic rings. The highest BCUT2D eigenvalue weighted by Crippen LogP contribution is 2.17. The number of nitrogens with zero attached hydrogens (tertiary/aromatic N) is 3. The summed E-state index contributed by atoms with van der Waals surface area (Å²) in [6, 6.07) is 19.4. The van der Waals surface area contributed by atoms with Crippen LogP contribution in [0, 0.1) is 13.8 Å². The third kappa shape index (κ3) is 5.33. The number of anilines is 3. The molecule has 0 fully saturated rings. The van der Waals surface area contributed by atoms with Gasteiger partial charge in [0.25, 0.3) is 5.91 Å². The second-order valence-corrected chi connectivity index (χ2v) is 7.27. The van der Waals surface area contributed by atoms with Crippen LogP contribution in [0.5, 0.6) is 0 Å². The van der Waals surface area contributed by atoms with Gasteiger partial charge in [-0.3, -0.25) is 4.79 Å². The highest BCUT2D eigenvalue weighted by molar-refractivity contribution is 5.98. The molecule has 3 N–H and O–H groups in total. The fraction of sp³-hybridized carbons (Fsp3) is 0.167. The number of amides is 1. The van der Waals surface area contributed by atoms with Gasteiger partial charge in [-0.2, -0.15) is 0 Å². The van der Waals surface area contributed by atoms with E-state index in [0.29, 0.717) is 36.1 Å². The molecule has 0 aliphatic heterocycles. The van der Waals surface area contributed by atoms with Gasteiger partial charge >= 0.3 is 0 Å².